The molecule has 2 nitrogen and oxygen atoms in total. The fraction of sp³-hybridized carbons (Fsp3) is 0.294. The Bertz CT molecular complexity index is 599. The lowest BCUT2D eigenvalue weighted by atomic mass is 10.0. The van der Waals surface area contributed by atoms with Gasteiger partial charge in [-0.2, -0.15) is 0 Å². The molecule has 0 saturated heterocycles. The average molecular weight is 413 g/mol. The van der Waals surface area contributed by atoms with Gasteiger partial charge in [-0.05, 0) is 47.9 Å². The molecule has 0 amide bonds. The van der Waals surface area contributed by atoms with E-state index in [4.69, 9.17) is 4.74 Å². The van der Waals surface area contributed by atoms with E-state index in [0.29, 0.717) is 12.5 Å². The van der Waals surface area contributed by atoms with Gasteiger partial charge in [0.05, 0.1) is 0 Å². The fourth-order valence-corrected chi connectivity index (χ4v) is 2.83. The second-order valence-electron chi connectivity index (χ2n) is 5.12. The molecule has 2 aromatic rings. The normalized spacial score (nSPS) is 10.7. The van der Waals surface area contributed by atoms with Crippen LogP contribution in [0.3, 0.4) is 0 Å². The number of hydrogen-bond acceptors (Lipinski definition) is 2. The Morgan fingerprint density at radius 3 is 2.52 bits per heavy atom. The Kier molecular flexibility index (Phi) is 6.12. The number of ether oxygens (including phenoxy) is 1. The van der Waals surface area contributed by atoms with Crippen LogP contribution < -0.4 is 10.1 Å². The molecule has 0 aliphatic rings. The van der Waals surface area contributed by atoms with Crippen LogP contribution in [0.25, 0.3) is 0 Å². The predicted octanol–water partition coefficient (Wildman–Crippen LogP) is 5.83. The second-order valence-corrected chi connectivity index (χ2v) is 6.95. The molecule has 2 aromatic carbocycles. The van der Waals surface area contributed by atoms with Crippen LogP contribution in [0.5, 0.6) is 5.75 Å². The van der Waals surface area contributed by atoms with Crippen molar-refractivity contribution in [1.82, 2.24) is 0 Å². The quantitative estimate of drug-likeness (QED) is 0.603. The van der Waals surface area contributed by atoms with Gasteiger partial charge in [0, 0.05) is 21.2 Å². The predicted molar refractivity (Wildman–Crippen MR) is 96.4 cm³/mol. The van der Waals surface area contributed by atoms with Gasteiger partial charge < -0.3 is 10.1 Å². The number of nitrogens with one attached hydrogen (secondary N) is 1. The maximum atomic E-state index is 5.91. The van der Waals surface area contributed by atoms with E-state index in [1.54, 1.807) is 0 Å². The minimum atomic E-state index is 0.440. The molecule has 0 fully saturated rings. The standard InChI is InChI=1S/C17H19Br2NO/c1-12(2)16-11-14(19)6-7-17(16)21-9-8-20-15-5-3-4-13(18)10-15/h3-7,10-12,20H,8-9H2,1-2H3. The van der Waals surface area contributed by atoms with Crippen LogP contribution >= 0.6 is 31.9 Å². The Morgan fingerprint density at radius 2 is 1.81 bits per heavy atom. The minimum absolute atomic E-state index is 0.440. The van der Waals surface area contributed by atoms with Gasteiger partial charge in [0.2, 0.25) is 0 Å². The summed E-state index contributed by atoms with van der Waals surface area (Å²) in [6, 6.07) is 14.3. The lowest BCUT2D eigenvalue weighted by Gasteiger charge is -2.15. The van der Waals surface area contributed by atoms with Crippen LogP contribution in [-0.2, 0) is 0 Å². The largest absolute Gasteiger partial charge is 0.491 e. The molecule has 1 N–H and O–H groups in total. The summed E-state index contributed by atoms with van der Waals surface area (Å²) in [5, 5.41) is 3.35. The first-order valence-electron chi connectivity index (χ1n) is 6.98. The van der Waals surface area contributed by atoms with Crippen molar-refractivity contribution in [1.29, 1.82) is 0 Å². The van der Waals surface area contributed by atoms with E-state index in [0.717, 1.165) is 26.9 Å². The molecule has 0 bridgehead atoms. The van der Waals surface area contributed by atoms with Gasteiger partial charge in [0.25, 0.3) is 0 Å². The lowest BCUT2D eigenvalue weighted by Crippen LogP contribution is -2.12. The maximum Gasteiger partial charge on any atom is 0.122 e. The molecule has 2 rings (SSSR count). The molecule has 0 aliphatic heterocycles. The summed E-state index contributed by atoms with van der Waals surface area (Å²) in [5.74, 6) is 1.40. The molecule has 21 heavy (non-hydrogen) atoms. The fourth-order valence-electron chi connectivity index (χ4n) is 2.06. The van der Waals surface area contributed by atoms with E-state index in [9.17, 15) is 0 Å². The highest BCUT2D eigenvalue weighted by molar-refractivity contribution is 9.10. The Labute approximate surface area is 143 Å². The number of benzene rings is 2. The molecule has 0 heterocycles. The third-order valence-electron chi connectivity index (χ3n) is 3.11. The molecule has 0 aromatic heterocycles. The number of hydrogen-bond donors (Lipinski definition) is 1. The SMILES string of the molecule is CC(C)c1cc(Br)ccc1OCCNc1cccc(Br)c1. The highest BCUT2D eigenvalue weighted by Crippen LogP contribution is 2.29. The van der Waals surface area contributed by atoms with Gasteiger partial charge in [0.15, 0.2) is 0 Å². The van der Waals surface area contributed by atoms with Crippen LogP contribution in [0, 0.1) is 0 Å². The van der Waals surface area contributed by atoms with E-state index < -0.39 is 0 Å². The Hall–Kier alpha value is -1.000. The van der Waals surface area contributed by atoms with Crippen molar-refractivity contribution in [3.63, 3.8) is 0 Å². The monoisotopic (exact) mass is 411 g/mol. The molecule has 0 unspecified atom stereocenters. The van der Waals surface area contributed by atoms with Crippen molar-refractivity contribution in [2.45, 2.75) is 19.8 Å². The zero-order chi connectivity index (χ0) is 15.2. The average Bonchev–Trinajstić information content (AvgIpc) is 2.44. The Balaban J connectivity index is 1.89. The van der Waals surface area contributed by atoms with E-state index in [1.807, 2.05) is 30.3 Å². The van der Waals surface area contributed by atoms with Crippen molar-refractivity contribution in [3.8, 4) is 5.75 Å². The molecular formula is C17H19Br2NO. The first kappa shape index (κ1) is 16.4. The zero-order valence-electron chi connectivity index (χ0n) is 12.2. The molecule has 0 aliphatic carbocycles. The van der Waals surface area contributed by atoms with Crippen LogP contribution in [0.15, 0.2) is 51.4 Å². The van der Waals surface area contributed by atoms with Crippen molar-refractivity contribution >= 4 is 37.5 Å². The first-order valence-corrected chi connectivity index (χ1v) is 8.56. The van der Waals surface area contributed by atoms with Crippen molar-refractivity contribution < 1.29 is 4.74 Å². The summed E-state index contributed by atoms with van der Waals surface area (Å²) < 4.78 is 8.07. The third kappa shape index (κ3) is 5.04. The van der Waals surface area contributed by atoms with Crippen LogP contribution in [0.4, 0.5) is 5.69 Å². The second kappa shape index (κ2) is 7.85. The van der Waals surface area contributed by atoms with Crippen LogP contribution in [0.1, 0.15) is 25.3 Å². The molecule has 112 valence electrons. The van der Waals surface area contributed by atoms with Gasteiger partial charge in [-0.3, -0.25) is 0 Å². The Morgan fingerprint density at radius 1 is 1.05 bits per heavy atom. The number of anilines is 1. The van der Waals surface area contributed by atoms with Gasteiger partial charge in [-0.15, -0.1) is 0 Å². The van der Waals surface area contributed by atoms with Crippen LogP contribution in [-0.4, -0.2) is 13.2 Å². The van der Waals surface area contributed by atoms with E-state index in [2.05, 4.69) is 63.2 Å². The minimum Gasteiger partial charge on any atom is -0.491 e. The summed E-state index contributed by atoms with van der Waals surface area (Å²) in [4.78, 5) is 0. The maximum absolute atomic E-state index is 5.91. The first-order chi connectivity index (χ1) is 10.1. The topological polar surface area (TPSA) is 21.3 Å². The van der Waals surface area contributed by atoms with E-state index >= 15 is 0 Å². The molecule has 0 radical (unpaired) electrons. The van der Waals surface area contributed by atoms with Gasteiger partial charge in [-0.25, -0.2) is 0 Å². The lowest BCUT2D eigenvalue weighted by molar-refractivity contribution is 0.328. The third-order valence-corrected chi connectivity index (χ3v) is 4.09. The van der Waals surface area contributed by atoms with Crippen molar-refractivity contribution in [3.05, 3.63) is 57.0 Å². The highest BCUT2D eigenvalue weighted by Gasteiger charge is 2.08. The summed E-state index contributed by atoms with van der Waals surface area (Å²) in [7, 11) is 0. The smallest absolute Gasteiger partial charge is 0.122 e. The molecule has 0 saturated carbocycles. The highest BCUT2D eigenvalue weighted by atomic mass is 79.9. The van der Waals surface area contributed by atoms with Gasteiger partial charge in [0.1, 0.15) is 12.4 Å². The van der Waals surface area contributed by atoms with Crippen LogP contribution in [0.2, 0.25) is 0 Å². The number of rotatable bonds is 6. The summed E-state index contributed by atoms with van der Waals surface area (Å²) in [6.45, 7) is 5.75. The van der Waals surface area contributed by atoms with Gasteiger partial charge >= 0.3 is 0 Å². The molecular weight excluding hydrogens is 394 g/mol. The molecule has 0 atom stereocenters. The summed E-state index contributed by atoms with van der Waals surface area (Å²) >= 11 is 6.98. The van der Waals surface area contributed by atoms with Crippen molar-refractivity contribution in [2.24, 2.45) is 0 Å². The van der Waals surface area contributed by atoms with Crippen molar-refractivity contribution in [2.75, 3.05) is 18.5 Å². The van der Waals surface area contributed by atoms with Gasteiger partial charge in [-0.1, -0.05) is 51.8 Å². The molecule has 0 spiro atoms. The van der Waals surface area contributed by atoms with E-state index in [1.165, 1.54) is 5.56 Å². The number of halogens is 2. The summed E-state index contributed by atoms with van der Waals surface area (Å²) in [6.07, 6.45) is 0. The molecule has 4 heteroatoms. The zero-order valence-corrected chi connectivity index (χ0v) is 15.4. The van der Waals surface area contributed by atoms with E-state index in [-0.39, 0.29) is 0 Å². The summed E-state index contributed by atoms with van der Waals surface area (Å²) in [5.41, 5.74) is 2.32.